The summed E-state index contributed by atoms with van der Waals surface area (Å²) in [5.74, 6) is -0.413. The second kappa shape index (κ2) is 5.50. The largest absolute Gasteiger partial charge is 0.481 e. The summed E-state index contributed by atoms with van der Waals surface area (Å²) in [6, 6.07) is 0. The molecule has 0 aliphatic carbocycles. The zero-order chi connectivity index (χ0) is 13.1. The Morgan fingerprint density at radius 3 is 2.71 bits per heavy atom. The van der Waals surface area contributed by atoms with Gasteiger partial charge in [0.25, 0.3) is 9.05 Å². The van der Waals surface area contributed by atoms with Gasteiger partial charge in [-0.15, -0.1) is 0 Å². The van der Waals surface area contributed by atoms with E-state index >= 15 is 0 Å². The second-order valence-electron chi connectivity index (χ2n) is 3.52. The fraction of sp³-hybridized carbons (Fsp3) is 0.556. The number of carboxylic acid groups (broad SMARTS) is 1. The number of carbonyl (C=O) groups is 1. The van der Waals surface area contributed by atoms with Crippen LogP contribution in [0.3, 0.4) is 0 Å². The van der Waals surface area contributed by atoms with Crippen molar-refractivity contribution in [3.8, 4) is 0 Å². The number of rotatable bonds is 6. The van der Waals surface area contributed by atoms with E-state index in [1.807, 2.05) is 6.92 Å². The molecular weight excluding hydrogens is 268 g/mol. The van der Waals surface area contributed by atoms with Gasteiger partial charge < -0.3 is 9.67 Å². The van der Waals surface area contributed by atoms with Gasteiger partial charge in [0.15, 0.2) is 5.03 Å². The van der Waals surface area contributed by atoms with Crippen LogP contribution in [0.4, 0.5) is 0 Å². The number of hydrogen-bond acceptors (Lipinski definition) is 4. The quantitative estimate of drug-likeness (QED) is 0.792. The summed E-state index contributed by atoms with van der Waals surface area (Å²) in [7, 11) is 1.32. The van der Waals surface area contributed by atoms with Gasteiger partial charge in [-0.05, 0) is 6.42 Å². The summed E-state index contributed by atoms with van der Waals surface area (Å²) in [6.07, 6.45) is 2.54. The van der Waals surface area contributed by atoms with Crippen molar-refractivity contribution >= 4 is 25.7 Å². The molecule has 1 N–H and O–H groups in total. The van der Waals surface area contributed by atoms with E-state index in [1.165, 1.54) is 10.8 Å². The molecular formula is C9H13ClN2O4S. The molecule has 0 spiro atoms. The third-order valence-corrected chi connectivity index (χ3v) is 3.30. The van der Waals surface area contributed by atoms with Gasteiger partial charge in [0.2, 0.25) is 0 Å². The normalized spacial score (nSPS) is 11.6. The molecule has 1 aromatic heterocycles. The highest BCUT2D eigenvalue weighted by atomic mass is 35.7. The maximum absolute atomic E-state index is 11.1. The number of halogens is 1. The average Bonchev–Trinajstić information content (AvgIpc) is 2.58. The Morgan fingerprint density at radius 2 is 2.24 bits per heavy atom. The molecule has 1 aromatic rings. The maximum Gasteiger partial charge on any atom is 0.305 e. The van der Waals surface area contributed by atoms with Crippen LogP contribution in [0.5, 0.6) is 0 Å². The van der Waals surface area contributed by atoms with Crippen molar-refractivity contribution in [1.82, 2.24) is 9.55 Å². The minimum absolute atomic E-state index is 0.0884. The highest BCUT2D eigenvalue weighted by molar-refractivity contribution is 8.13. The average molecular weight is 281 g/mol. The van der Waals surface area contributed by atoms with Crippen LogP contribution in [0.15, 0.2) is 11.2 Å². The van der Waals surface area contributed by atoms with E-state index < -0.39 is 15.0 Å². The van der Waals surface area contributed by atoms with Crippen molar-refractivity contribution < 1.29 is 18.3 Å². The number of hydrogen-bond donors (Lipinski definition) is 1. The summed E-state index contributed by atoms with van der Waals surface area (Å²) in [4.78, 5) is 14.4. The molecule has 17 heavy (non-hydrogen) atoms. The standard InChI is InChI=1S/C9H13ClN2O4S/c1-2-3-7-11-8(17(10,15)16)6-12(7)5-4-9(13)14/h6H,2-5H2,1H3,(H,13,14). The van der Waals surface area contributed by atoms with Crippen LogP contribution >= 0.6 is 10.7 Å². The van der Waals surface area contributed by atoms with Crippen LogP contribution in [0.2, 0.25) is 0 Å². The number of aryl methyl sites for hydroxylation is 2. The van der Waals surface area contributed by atoms with E-state index in [2.05, 4.69) is 4.98 Å². The molecule has 0 bridgehead atoms. The van der Waals surface area contributed by atoms with Crippen LogP contribution < -0.4 is 0 Å². The number of carboxylic acids is 1. The lowest BCUT2D eigenvalue weighted by molar-refractivity contribution is -0.137. The number of aromatic nitrogens is 2. The molecule has 8 heteroatoms. The van der Waals surface area contributed by atoms with Crippen molar-refractivity contribution in [2.75, 3.05) is 0 Å². The molecule has 1 heterocycles. The molecule has 0 saturated heterocycles. The predicted octanol–water partition coefficient (Wildman–Crippen LogP) is 1.24. The molecule has 0 atom stereocenters. The first-order valence-electron chi connectivity index (χ1n) is 5.07. The summed E-state index contributed by atoms with van der Waals surface area (Å²) in [5, 5.41) is 8.36. The van der Waals surface area contributed by atoms with E-state index in [0.717, 1.165) is 6.42 Å². The predicted molar refractivity (Wildman–Crippen MR) is 61.5 cm³/mol. The van der Waals surface area contributed by atoms with Gasteiger partial charge in [-0.1, -0.05) is 6.92 Å². The van der Waals surface area contributed by atoms with Crippen LogP contribution in [-0.2, 0) is 26.8 Å². The Balaban J connectivity index is 3.01. The lowest BCUT2D eigenvalue weighted by Crippen LogP contribution is -2.07. The Hall–Kier alpha value is -1.08. The molecule has 96 valence electrons. The summed E-state index contributed by atoms with van der Waals surface area (Å²) < 4.78 is 23.7. The number of nitrogens with zero attached hydrogens (tertiary/aromatic N) is 2. The monoisotopic (exact) mass is 280 g/mol. The smallest absolute Gasteiger partial charge is 0.305 e. The third kappa shape index (κ3) is 4.01. The first kappa shape index (κ1) is 14.0. The lowest BCUT2D eigenvalue weighted by Gasteiger charge is -2.03. The van der Waals surface area contributed by atoms with Gasteiger partial charge in [-0.3, -0.25) is 4.79 Å². The molecule has 0 aliphatic heterocycles. The Bertz CT molecular complexity index is 509. The maximum atomic E-state index is 11.1. The molecule has 0 amide bonds. The van der Waals surface area contributed by atoms with Crippen molar-refractivity contribution in [2.24, 2.45) is 0 Å². The van der Waals surface area contributed by atoms with Gasteiger partial charge in [0.05, 0.1) is 6.42 Å². The van der Waals surface area contributed by atoms with Gasteiger partial charge in [0.1, 0.15) is 5.82 Å². The minimum Gasteiger partial charge on any atom is -0.481 e. The highest BCUT2D eigenvalue weighted by Crippen LogP contribution is 2.15. The Kier molecular flexibility index (Phi) is 4.53. The van der Waals surface area contributed by atoms with Crippen molar-refractivity contribution in [3.05, 3.63) is 12.0 Å². The van der Waals surface area contributed by atoms with E-state index in [1.54, 1.807) is 0 Å². The Morgan fingerprint density at radius 1 is 1.59 bits per heavy atom. The SMILES string of the molecule is CCCc1nc(S(=O)(=O)Cl)cn1CCC(=O)O. The van der Waals surface area contributed by atoms with Crippen molar-refractivity contribution in [2.45, 2.75) is 37.8 Å². The van der Waals surface area contributed by atoms with Crippen molar-refractivity contribution in [1.29, 1.82) is 0 Å². The topological polar surface area (TPSA) is 89.3 Å². The van der Waals surface area contributed by atoms with Crippen molar-refractivity contribution in [3.63, 3.8) is 0 Å². The summed E-state index contributed by atoms with van der Waals surface area (Å²) >= 11 is 0. The first-order chi connectivity index (χ1) is 7.84. The molecule has 1 rings (SSSR count). The third-order valence-electron chi connectivity index (χ3n) is 2.13. The fourth-order valence-corrected chi connectivity index (χ4v) is 2.07. The van der Waals surface area contributed by atoms with E-state index in [4.69, 9.17) is 15.8 Å². The zero-order valence-electron chi connectivity index (χ0n) is 9.26. The van der Waals surface area contributed by atoms with Gasteiger partial charge in [0, 0.05) is 29.8 Å². The van der Waals surface area contributed by atoms with Crippen LogP contribution in [0, 0.1) is 0 Å². The van der Waals surface area contributed by atoms with Crippen LogP contribution in [-0.4, -0.2) is 29.0 Å². The highest BCUT2D eigenvalue weighted by Gasteiger charge is 2.17. The molecule has 6 nitrogen and oxygen atoms in total. The molecule has 0 unspecified atom stereocenters. The summed E-state index contributed by atoms with van der Waals surface area (Å²) in [6.45, 7) is 2.11. The van der Waals surface area contributed by atoms with E-state index in [-0.39, 0.29) is 18.0 Å². The van der Waals surface area contributed by atoms with E-state index in [0.29, 0.717) is 12.2 Å². The molecule has 0 saturated carbocycles. The molecule has 0 aliphatic rings. The van der Waals surface area contributed by atoms with Gasteiger partial charge in [-0.25, -0.2) is 13.4 Å². The second-order valence-corrected chi connectivity index (χ2v) is 6.03. The zero-order valence-corrected chi connectivity index (χ0v) is 10.8. The van der Waals surface area contributed by atoms with E-state index in [9.17, 15) is 13.2 Å². The Labute approximate surface area is 104 Å². The minimum atomic E-state index is -3.87. The number of imidazole rings is 1. The fourth-order valence-electron chi connectivity index (χ4n) is 1.38. The molecule has 0 radical (unpaired) electrons. The van der Waals surface area contributed by atoms with Gasteiger partial charge >= 0.3 is 5.97 Å². The number of aliphatic carboxylic acids is 1. The van der Waals surface area contributed by atoms with Crippen LogP contribution in [0.25, 0.3) is 0 Å². The first-order valence-corrected chi connectivity index (χ1v) is 7.38. The molecule has 0 aromatic carbocycles. The lowest BCUT2D eigenvalue weighted by atomic mass is 10.3. The molecule has 0 fully saturated rings. The summed E-state index contributed by atoms with van der Waals surface area (Å²) in [5.41, 5.74) is 0. The van der Waals surface area contributed by atoms with Gasteiger partial charge in [-0.2, -0.15) is 0 Å². The van der Waals surface area contributed by atoms with Crippen LogP contribution in [0.1, 0.15) is 25.6 Å².